The van der Waals surface area contributed by atoms with Crippen LogP contribution in [0.2, 0.25) is 0 Å². The number of nitrogens with zero attached hydrogens (tertiary/aromatic N) is 1. The summed E-state index contributed by atoms with van der Waals surface area (Å²) in [6, 6.07) is 14.7. The van der Waals surface area contributed by atoms with Gasteiger partial charge in [0.15, 0.2) is 6.61 Å². The lowest BCUT2D eigenvalue weighted by Gasteiger charge is -2.18. The zero-order valence-electron chi connectivity index (χ0n) is 22.8. The third-order valence-electron chi connectivity index (χ3n) is 7.33. The molecule has 1 atom stereocenters. The summed E-state index contributed by atoms with van der Waals surface area (Å²) >= 11 is 1.36. The van der Waals surface area contributed by atoms with Gasteiger partial charge in [0.25, 0.3) is 11.5 Å². The van der Waals surface area contributed by atoms with E-state index < -0.39 is 24.5 Å². The van der Waals surface area contributed by atoms with Crippen molar-refractivity contribution in [3.8, 4) is 11.1 Å². The van der Waals surface area contributed by atoms with E-state index in [0.29, 0.717) is 32.8 Å². The third kappa shape index (κ3) is 5.04. The molecule has 8 nitrogen and oxygen atoms in total. The molecule has 1 unspecified atom stereocenters. The summed E-state index contributed by atoms with van der Waals surface area (Å²) in [5.41, 5.74) is 3.34. The average molecular weight is 559 g/mol. The Bertz CT molecular complexity index is 1700. The smallest absolute Gasteiger partial charge is 0.356 e. The molecule has 1 amide bonds. The van der Waals surface area contributed by atoms with Crippen molar-refractivity contribution >= 4 is 45.0 Å². The Morgan fingerprint density at radius 1 is 1.05 bits per heavy atom. The first-order valence-corrected chi connectivity index (χ1v) is 13.9. The topological polar surface area (TPSA) is 104 Å². The highest BCUT2D eigenvalue weighted by Gasteiger charge is 2.29. The first-order chi connectivity index (χ1) is 19.2. The third-order valence-corrected chi connectivity index (χ3v) is 8.50. The molecule has 40 heavy (non-hydrogen) atoms. The van der Waals surface area contributed by atoms with Gasteiger partial charge >= 0.3 is 11.9 Å². The second kappa shape index (κ2) is 11.1. The Morgan fingerprint density at radius 2 is 1.75 bits per heavy atom. The second-order valence-electron chi connectivity index (χ2n) is 10.2. The van der Waals surface area contributed by atoms with Gasteiger partial charge in [-0.05, 0) is 54.7 Å². The monoisotopic (exact) mass is 558 g/mol. The van der Waals surface area contributed by atoms with Gasteiger partial charge in [0.1, 0.15) is 10.7 Å². The van der Waals surface area contributed by atoms with E-state index in [4.69, 9.17) is 9.47 Å². The summed E-state index contributed by atoms with van der Waals surface area (Å²) < 4.78 is 11.7. The summed E-state index contributed by atoms with van der Waals surface area (Å²) in [5, 5.41) is 4.23. The minimum absolute atomic E-state index is 0.0520. The fourth-order valence-corrected chi connectivity index (χ4v) is 6.65. The zero-order valence-corrected chi connectivity index (χ0v) is 23.6. The minimum Gasteiger partial charge on any atom is -0.465 e. The molecule has 0 saturated heterocycles. The molecular formula is C31H30N2O6S. The van der Waals surface area contributed by atoms with E-state index in [2.05, 4.69) is 12.2 Å². The molecule has 0 radical (unpaired) electrons. The quantitative estimate of drug-likeness (QED) is 0.323. The summed E-state index contributed by atoms with van der Waals surface area (Å²) in [6.07, 6.45) is 2.51. The minimum atomic E-state index is -0.802. The number of rotatable bonds is 6. The van der Waals surface area contributed by atoms with Crippen LogP contribution in [0.15, 0.2) is 53.3 Å². The first kappa shape index (κ1) is 27.3. The summed E-state index contributed by atoms with van der Waals surface area (Å²) in [4.78, 5) is 53.2. The SMILES string of the molecule is COC(=O)c1c(NC(=O)COC(=O)c2c(-c3ccc(C)cc3)c3ccccc3c(=O)n2C)sc2c1CCC(C)C2. The molecule has 9 heteroatoms. The molecule has 0 spiro atoms. The van der Waals surface area contributed by atoms with E-state index >= 15 is 0 Å². The normalized spacial score (nSPS) is 14.4. The number of thiophene rings is 1. The zero-order chi connectivity index (χ0) is 28.6. The van der Waals surface area contributed by atoms with Gasteiger partial charge in [-0.15, -0.1) is 11.3 Å². The number of ether oxygens (including phenoxy) is 2. The van der Waals surface area contributed by atoms with Gasteiger partial charge in [-0.2, -0.15) is 0 Å². The molecule has 1 N–H and O–H groups in total. The van der Waals surface area contributed by atoms with Crippen molar-refractivity contribution in [2.24, 2.45) is 13.0 Å². The van der Waals surface area contributed by atoms with Gasteiger partial charge < -0.3 is 19.4 Å². The molecule has 0 aliphatic heterocycles. The number of fused-ring (bicyclic) bond motifs is 2. The van der Waals surface area contributed by atoms with Crippen LogP contribution in [0, 0.1) is 12.8 Å². The standard InChI is InChI=1S/C31H30N2O6S/c1-17-9-12-19(13-10-17)25-20-7-5-6-8-21(20)29(35)33(3)27(25)31(37)39-16-24(34)32-28-26(30(36)38-4)22-14-11-18(2)15-23(22)40-28/h5-10,12-13,18H,11,14-16H2,1-4H3,(H,32,34). The van der Waals surface area contributed by atoms with Crippen LogP contribution < -0.4 is 10.9 Å². The van der Waals surface area contributed by atoms with Crippen molar-refractivity contribution < 1.29 is 23.9 Å². The molecule has 0 bridgehead atoms. The second-order valence-corrected chi connectivity index (χ2v) is 11.3. The molecule has 0 saturated carbocycles. The van der Waals surface area contributed by atoms with Crippen LogP contribution in [-0.4, -0.2) is 36.1 Å². The number of carbonyl (C=O) groups excluding carboxylic acids is 3. The lowest BCUT2D eigenvalue weighted by molar-refractivity contribution is -0.119. The highest BCUT2D eigenvalue weighted by molar-refractivity contribution is 7.17. The van der Waals surface area contributed by atoms with E-state index in [1.807, 2.05) is 37.3 Å². The highest BCUT2D eigenvalue weighted by atomic mass is 32.1. The molecule has 0 fully saturated rings. The van der Waals surface area contributed by atoms with E-state index in [1.165, 1.54) is 30.1 Å². The number of aromatic nitrogens is 1. The lowest BCUT2D eigenvalue weighted by atomic mass is 9.88. The lowest BCUT2D eigenvalue weighted by Crippen LogP contribution is -2.28. The number of nitrogens with one attached hydrogen (secondary N) is 1. The van der Waals surface area contributed by atoms with Crippen molar-refractivity contribution in [3.05, 3.63) is 86.1 Å². The van der Waals surface area contributed by atoms with Gasteiger partial charge in [-0.3, -0.25) is 9.59 Å². The van der Waals surface area contributed by atoms with E-state index in [9.17, 15) is 19.2 Å². The van der Waals surface area contributed by atoms with Gasteiger partial charge in [-0.1, -0.05) is 55.0 Å². The highest BCUT2D eigenvalue weighted by Crippen LogP contribution is 2.40. The van der Waals surface area contributed by atoms with Crippen LogP contribution in [0.1, 0.15) is 50.2 Å². The predicted octanol–water partition coefficient (Wildman–Crippen LogP) is 5.28. The number of hydrogen-bond donors (Lipinski definition) is 1. The molecule has 2 aromatic carbocycles. The molecule has 2 heterocycles. The maximum absolute atomic E-state index is 13.5. The predicted molar refractivity (Wildman–Crippen MR) is 155 cm³/mol. The summed E-state index contributed by atoms with van der Waals surface area (Å²) in [7, 11) is 2.83. The van der Waals surface area contributed by atoms with Crippen molar-refractivity contribution in [3.63, 3.8) is 0 Å². The van der Waals surface area contributed by atoms with Crippen LogP contribution in [0.3, 0.4) is 0 Å². The van der Waals surface area contributed by atoms with Gasteiger partial charge in [0, 0.05) is 22.9 Å². The Kier molecular flexibility index (Phi) is 7.58. The molecule has 1 aliphatic rings. The number of esters is 2. The van der Waals surface area contributed by atoms with Crippen LogP contribution in [0.5, 0.6) is 0 Å². The van der Waals surface area contributed by atoms with Crippen molar-refractivity contribution in [1.82, 2.24) is 4.57 Å². The van der Waals surface area contributed by atoms with Crippen molar-refractivity contribution in [1.29, 1.82) is 0 Å². The summed E-state index contributed by atoms with van der Waals surface area (Å²) in [5.74, 6) is -1.41. The molecule has 2 aromatic heterocycles. The molecule has 206 valence electrons. The van der Waals surface area contributed by atoms with Crippen LogP contribution >= 0.6 is 11.3 Å². The summed E-state index contributed by atoms with van der Waals surface area (Å²) in [6.45, 7) is 3.53. The van der Waals surface area contributed by atoms with Gasteiger partial charge in [0.2, 0.25) is 0 Å². The number of aryl methyl sites for hydroxylation is 1. The van der Waals surface area contributed by atoms with Gasteiger partial charge in [-0.25, -0.2) is 9.59 Å². The average Bonchev–Trinajstić information content (AvgIpc) is 3.30. The molecular weight excluding hydrogens is 528 g/mol. The van der Waals surface area contributed by atoms with Crippen LogP contribution in [0.25, 0.3) is 21.9 Å². The number of methoxy groups -OCH3 is 1. The molecule has 1 aliphatic carbocycles. The maximum atomic E-state index is 13.5. The maximum Gasteiger partial charge on any atom is 0.356 e. The molecule has 4 aromatic rings. The number of carbonyl (C=O) groups is 3. The van der Waals surface area contributed by atoms with Crippen LogP contribution in [0.4, 0.5) is 5.00 Å². The number of amides is 1. The molecule has 5 rings (SSSR count). The first-order valence-electron chi connectivity index (χ1n) is 13.1. The number of hydrogen-bond acceptors (Lipinski definition) is 7. The Morgan fingerprint density at radius 3 is 2.45 bits per heavy atom. The van der Waals surface area contributed by atoms with Crippen molar-refractivity contribution in [2.45, 2.75) is 33.1 Å². The number of benzene rings is 2. The number of anilines is 1. The van der Waals surface area contributed by atoms with Gasteiger partial charge in [0.05, 0.1) is 12.7 Å². The Hall–Kier alpha value is -4.24. The largest absolute Gasteiger partial charge is 0.465 e. The van der Waals surface area contributed by atoms with Crippen LogP contribution in [-0.2, 0) is 34.2 Å². The fraction of sp³-hybridized carbons (Fsp3) is 0.290. The Labute approximate surface area is 235 Å². The van der Waals surface area contributed by atoms with Crippen molar-refractivity contribution in [2.75, 3.05) is 19.0 Å². The van der Waals surface area contributed by atoms with E-state index in [0.717, 1.165) is 40.8 Å². The Balaban J connectivity index is 1.44. The number of pyridine rings is 1. The fourth-order valence-electron chi connectivity index (χ4n) is 5.24. The van der Waals surface area contributed by atoms with E-state index in [-0.39, 0.29) is 11.3 Å². The van der Waals surface area contributed by atoms with E-state index in [1.54, 1.807) is 18.2 Å².